The highest BCUT2D eigenvalue weighted by Gasteiger charge is 2.29. The monoisotopic (exact) mass is 357 g/mol. The molecule has 0 fully saturated rings. The van der Waals surface area contributed by atoms with E-state index in [-0.39, 0.29) is 21.5 Å². The Labute approximate surface area is 147 Å². The van der Waals surface area contributed by atoms with Crippen LogP contribution in [0, 0.1) is 0 Å². The lowest BCUT2D eigenvalue weighted by Crippen LogP contribution is -2.22. The summed E-state index contributed by atoms with van der Waals surface area (Å²) in [6.45, 7) is 1.46. The van der Waals surface area contributed by atoms with Crippen molar-refractivity contribution < 1.29 is 18.0 Å². The third-order valence-electron chi connectivity index (χ3n) is 4.43. The van der Waals surface area contributed by atoms with Crippen molar-refractivity contribution >= 4 is 21.5 Å². The van der Waals surface area contributed by atoms with Gasteiger partial charge in [0.2, 0.25) is 9.84 Å². The maximum Gasteiger partial charge on any atom is 0.253 e. The molecule has 0 unspecified atom stereocenters. The molecule has 0 radical (unpaired) electrons. The molecule has 0 saturated carbocycles. The first-order valence-electron chi connectivity index (χ1n) is 7.95. The van der Waals surface area contributed by atoms with Gasteiger partial charge in [0.15, 0.2) is 5.78 Å². The van der Waals surface area contributed by atoms with Gasteiger partial charge in [0.1, 0.15) is 0 Å². The fraction of sp³-hybridized carbons (Fsp3) is 0.263. The van der Waals surface area contributed by atoms with Crippen LogP contribution in [0.15, 0.2) is 46.2 Å². The van der Waals surface area contributed by atoms with Crippen LogP contribution in [0.4, 0.5) is 0 Å². The predicted octanol–water partition coefficient (Wildman–Crippen LogP) is 2.52. The molecule has 5 nitrogen and oxygen atoms in total. The zero-order valence-electron chi connectivity index (χ0n) is 14.4. The maximum atomic E-state index is 13.1. The molecule has 6 heteroatoms. The van der Waals surface area contributed by atoms with Gasteiger partial charge in [-0.05, 0) is 55.2 Å². The number of carbonyl (C=O) groups is 2. The first kappa shape index (κ1) is 17.4. The molecule has 0 N–H and O–H groups in total. The molecular formula is C19H19NO4S. The van der Waals surface area contributed by atoms with Gasteiger partial charge in [0.05, 0.1) is 9.79 Å². The van der Waals surface area contributed by atoms with Crippen molar-refractivity contribution in [2.75, 3.05) is 14.1 Å². The number of sulfone groups is 1. The molecule has 1 amide bonds. The highest BCUT2D eigenvalue weighted by molar-refractivity contribution is 7.91. The zero-order valence-corrected chi connectivity index (χ0v) is 15.2. The molecule has 0 spiro atoms. The summed E-state index contributed by atoms with van der Waals surface area (Å²) in [4.78, 5) is 25.6. The molecule has 2 aromatic rings. The second-order valence-electron chi connectivity index (χ2n) is 6.40. The number of amides is 1. The SMILES string of the molecule is CC(=O)c1ccc2c(c1)CCc1ccc(C(=O)N(C)C)cc1S2(=O)=O. The summed E-state index contributed by atoms with van der Waals surface area (Å²) in [6.07, 6.45) is 1.07. The van der Waals surface area contributed by atoms with Gasteiger partial charge in [-0.1, -0.05) is 12.1 Å². The molecule has 3 rings (SSSR count). The number of benzene rings is 2. The van der Waals surface area contributed by atoms with E-state index in [9.17, 15) is 18.0 Å². The Hall–Kier alpha value is -2.47. The first-order valence-corrected chi connectivity index (χ1v) is 9.43. The lowest BCUT2D eigenvalue weighted by Gasteiger charge is -2.13. The average Bonchev–Trinajstić information content (AvgIpc) is 2.68. The van der Waals surface area contributed by atoms with Crippen LogP contribution >= 0.6 is 0 Å². The Morgan fingerprint density at radius 2 is 1.52 bits per heavy atom. The van der Waals surface area contributed by atoms with E-state index >= 15 is 0 Å². The van der Waals surface area contributed by atoms with E-state index in [0.29, 0.717) is 35.1 Å². The summed E-state index contributed by atoms with van der Waals surface area (Å²) in [5.41, 5.74) is 2.18. The summed E-state index contributed by atoms with van der Waals surface area (Å²) < 4.78 is 26.3. The lowest BCUT2D eigenvalue weighted by molar-refractivity contribution is 0.0827. The van der Waals surface area contributed by atoms with Gasteiger partial charge >= 0.3 is 0 Å². The smallest absolute Gasteiger partial charge is 0.253 e. The fourth-order valence-corrected chi connectivity index (χ4v) is 4.83. The summed E-state index contributed by atoms with van der Waals surface area (Å²) >= 11 is 0. The number of hydrogen-bond acceptors (Lipinski definition) is 4. The van der Waals surface area contributed by atoms with Gasteiger partial charge in [0, 0.05) is 25.2 Å². The van der Waals surface area contributed by atoms with Crippen molar-refractivity contribution in [2.24, 2.45) is 0 Å². The van der Waals surface area contributed by atoms with Crippen LogP contribution in [-0.2, 0) is 22.7 Å². The van der Waals surface area contributed by atoms with Crippen molar-refractivity contribution in [3.63, 3.8) is 0 Å². The normalized spacial score (nSPS) is 14.8. The third-order valence-corrected chi connectivity index (χ3v) is 6.37. The average molecular weight is 357 g/mol. The van der Waals surface area contributed by atoms with Gasteiger partial charge in [-0.15, -0.1) is 0 Å². The molecule has 1 aliphatic rings. The second kappa shape index (κ2) is 6.11. The number of Topliss-reactive ketones (excluding diaryl/α,β-unsaturated/α-hetero) is 1. The number of carbonyl (C=O) groups excluding carboxylic acids is 2. The minimum Gasteiger partial charge on any atom is -0.345 e. The Morgan fingerprint density at radius 3 is 2.16 bits per heavy atom. The highest BCUT2D eigenvalue weighted by atomic mass is 32.2. The number of ketones is 1. The Morgan fingerprint density at radius 1 is 0.880 bits per heavy atom. The summed E-state index contributed by atoms with van der Waals surface area (Å²) in [5, 5.41) is 0. The van der Waals surface area contributed by atoms with Crippen molar-refractivity contribution in [3.8, 4) is 0 Å². The van der Waals surface area contributed by atoms with Crippen molar-refractivity contribution in [1.29, 1.82) is 0 Å². The summed E-state index contributed by atoms with van der Waals surface area (Å²) in [6, 6.07) is 9.53. The van der Waals surface area contributed by atoms with E-state index in [1.165, 1.54) is 24.0 Å². The molecule has 0 atom stereocenters. The Balaban J connectivity index is 2.19. The highest BCUT2D eigenvalue weighted by Crippen LogP contribution is 2.33. The third kappa shape index (κ3) is 2.98. The number of nitrogens with zero attached hydrogens (tertiary/aromatic N) is 1. The van der Waals surface area contributed by atoms with Gasteiger partial charge in [0.25, 0.3) is 5.91 Å². The Kier molecular flexibility index (Phi) is 4.24. The van der Waals surface area contributed by atoms with Gasteiger partial charge < -0.3 is 4.90 Å². The predicted molar refractivity (Wildman–Crippen MR) is 93.8 cm³/mol. The molecule has 0 bridgehead atoms. The summed E-state index contributed by atoms with van der Waals surface area (Å²) in [7, 11) is -0.492. The molecule has 0 aliphatic carbocycles. The lowest BCUT2D eigenvalue weighted by atomic mass is 10.0. The van der Waals surface area contributed by atoms with E-state index < -0.39 is 9.84 Å². The van der Waals surface area contributed by atoms with Crippen LogP contribution in [0.3, 0.4) is 0 Å². The standard InChI is InChI=1S/C19H19NO4S/c1-12(21)14-8-9-17-15(10-14)6-4-13-5-7-16(19(22)20(2)3)11-18(13)25(17,23)24/h5,7-11H,4,6H2,1-3H3. The first-order chi connectivity index (χ1) is 11.7. The topological polar surface area (TPSA) is 71.5 Å². The quantitative estimate of drug-likeness (QED) is 0.774. The minimum atomic E-state index is -3.74. The van der Waals surface area contributed by atoms with E-state index in [1.54, 1.807) is 38.4 Å². The molecule has 1 aliphatic heterocycles. The Bertz CT molecular complexity index is 990. The van der Waals surface area contributed by atoms with Gasteiger partial charge in [-0.2, -0.15) is 0 Å². The van der Waals surface area contributed by atoms with Gasteiger partial charge in [-0.25, -0.2) is 8.42 Å². The van der Waals surface area contributed by atoms with Gasteiger partial charge in [-0.3, -0.25) is 9.59 Å². The van der Waals surface area contributed by atoms with Crippen molar-refractivity contribution in [1.82, 2.24) is 4.90 Å². The van der Waals surface area contributed by atoms with E-state index in [1.807, 2.05) is 0 Å². The second-order valence-corrected chi connectivity index (χ2v) is 8.29. The van der Waals surface area contributed by atoms with Crippen LogP contribution in [0.2, 0.25) is 0 Å². The number of hydrogen-bond donors (Lipinski definition) is 0. The maximum absolute atomic E-state index is 13.1. The molecule has 0 saturated heterocycles. The van der Waals surface area contributed by atoms with E-state index in [0.717, 1.165) is 0 Å². The molecule has 2 aromatic carbocycles. The molecule has 0 aromatic heterocycles. The number of aryl methyl sites for hydroxylation is 2. The fourth-order valence-electron chi connectivity index (χ4n) is 3.05. The zero-order chi connectivity index (χ0) is 18.4. The van der Waals surface area contributed by atoms with Crippen LogP contribution in [0.25, 0.3) is 0 Å². The largest absolute Gasteiger partial charge is 0.345 e. The number of rotatable bonds is 2. The molecular weight excluding hydrogens is 338 g/mol. The van der Waals surface area contributed by atoms with Crippen LogP contribution in [-0.4, -0.2) is 39.1 Å². The van der Waals surface area contributed by atoms with E-state index in [2.05, 4.69) is 0 Å². The van der Waals surface area contributed by atoms with E-state index in [4.69, 9.17) is 0 Å². The number of fused-ring (bicyclic) bond motifs is 2. The molecule has 130 valence electrons. The van der Waals surface area contributed by atoms with Crippen molar-refractivity contribution in [3.05, 3.63) is 58.7 Å². The summed E-state index contributed by atoms with van der Waals surface area (Å²) in [5.74, 6) is -0.338. The van der Waals surface area contributed by atoms with Crippen molar-refractivity contribution in [2.45, 2.75) is 29.6 Å². The van der Waals surface area contributed by atoms with Crippen LogP contribution < -0.4 is 0 Å². The van der Waals surface area contributed by atoms with Crippen LogP contribution in [0.5, 0.6) is 0 Å². The minimum absolute atomic E-state index is 0.0965. The van der Waals surface area contributed by atoms with Crippen LogP contribution in [0.1, 0.15) is 38.8 Å². The molecule has 25 heavy (non-hydrogen) atoms. The molecule has 1 heterocycles.